The normalized spacial score (nSPS) is 16.0. The fourth-order valence-corrected chi connectivity index (χ4v) is 7.33. The number of aliphatic hydroxyl groups is 1. The van der Waals surface area contributed by atoms with Crippen molar-refractivity contribution in [3.8, 4) is 0 Å². The van der Waals surface area contributed by atoms with Crippen molar-refractivity contribution in [1.29, 1.82) is 0 Å². The van der Waals surface area contributed by atoms with Gasteiger partial charge in [-0.1, -0.05) is 27.7 Å². The zero-order valence-corrected chi connectivity index (χ0v) is 43.9. The van der Waals surface area contributed by atoms with E-state index in [1.165, 1.54) is 11.8 Å². The molecule has 0 bridgehead atoms. The Bertz CT molecular complexity index is 2200. The van der Waals surface area contributed by atoms with Crippen LogP contribution in [0.15, 0.2) is 0 Å². The molecule has 0 saturated carbocycles. The molecule has 432 valence electrons. The molecular formula is C44H71N13O19S. The van der Waals surface area contributed by atoms with Crippen LogP contribution in [0.3, 0.4) is 0 Å². The van der Waals surface area contributed by atoms with Crippen molar-refractivity contribution in [2.24, 2.45) is 23.3 Å². The number of nitrogens with one attached hydrogen (secondary N) is 10. The van der Waals surface area contributed by atoms with E-state index in [0.717, 1.165) is 0 Å². The number of nitrogens with two attached hydrogens (primary N) is 2. The molecule has 9 atom stereocenters. The number of carboxylic acid groups (broad SMARTS) is 3. The molecule has 1 fully saturated rings. The minimum atomic E-state index is -1.96. The smallest absolute Gasteiger partial charge is 0.326 e. The number of aliphatic hydroxyl groups excluding tert-OH is 1. The van der Waals surface area contributed by atoms with Crippen molar-refractivity contribution >= 4 is 101 Å². The molecule has 32 nitrogen and oxygen atoms in total. The van der Waals surface area contributed by atoms with E-state index >= 15 is 0 Å². The lowest BCUT2D eigenvalue weighted by Crippen LogP contribution is -2.58. The second-order valence-corrected chi connectivity index (χ2v) is 18.8. The Balaban J connectivity index is 2.89. The van der Waals surface area contributed by atoms with E-state index in [-0.39, 0.29) is 31.1 Å². The molecule has 1 heterocycles. The van der Waals surface area contributed by atoms with Crippen LogP contribution in [-0.4, -0.2) is 207 Å². The molecular weight excluding hydrogens is 1050 g/mol. The first-order chi connectivity index (χ1) is 35.9. The van der Waals surface area contributed by atoms with Gasteiger partial charge in [0, 0.05) is 18.7 Å². The monoisotopic (exact) mass is 1120 g/mol. The maximum atomic E-state index is 13.4. The minimum absolute atomic E-state index is 0.102. The van der Waals surface area contributed by atoms with Crippen LogP contribution in [0.2, 0.25) is 0 Å². The highest BCUT2D eigenvalue weighted by Crippen LogP contribution is 2.19. The number of thiol groups is 1. The first-order valence-corrected chi connectivity index (χ1v) is 24.7. The summed E-state index contributed by atoms with van der Waals surface area (Å²) in [5.41, 5.74) is 10.7. The maximum absolute atomic E-state index is 13.4. The van der Waals surface area contributed by atoms with E-state index in [9.17, 15) is 87.2 Å². The number of nitrogens with zero attached hydrogens (tertiary/aromatic N) is 1. The third-order valence-corrected chi connectivity index (χ3v) is 11.6. The van der Waals surface area contributed by atoms with Crippen molar-refractivity contribution < 1.29 is 92.3 Å². The summed E-state index contributed by atoms with van der Waals surface area (Å²) in [5, 5.41) is 60.0. The Morgan fingerprint density at radius 2 is 1.14 bits per heavy atom. The summed E-state index contributed by atoms with van der Waals surface area (Å²) in [6.07, 6.45) is -2.05. The summed E-state index contributed by atoms with van der Waals surface area (Å²) < 4.78 is 0. The second-order valence-electron chi connectivity index (χ2n) is 18.4. The third kappa shape index (κ3) is 24.7. The molecule has 0 spiro atoms. The third-order valence-electron chi connectivity index (χ3n) is 11.2. The van der Waals surface area contributed by atoms with E-state index in [1.807, 2.05) is 10.6 Å². The van der Waals surface area contributed by atoms with Crippen LogP contribution >= 0.6 is 12.6 Å². The summed E-state index contributed by atoms with van der Waals surface area (Å²) in [5.74, 6) is -17.0. The molecule has 12 amide bonds. The molecule has 0 aromatic carbocycles. The van der Waals surface area contributed by atoms with Gasteiger partial charge in [-0.05, 0) is 44.4 Å². The molecule has 1 saturated heterocycles. The van der Waals surface area contributed by atoms with Crippen LogP contribution in [0.4, 0.5) is 0 Å². The lowest BCUT2D eigenvalue weighted by atomic mass is 10.00. The Labute approximate surface area is 446 Å². The zero-order chi connectivity index (χ0) is 58.9. The van der Waals surface area contributed by atoms with Gasteiger partial charge < -0.3 is 90.0 Å². The number of carbonyl (C=O) groups is 15. The molecule has 0 radical (unpaired) electrons. The number of primary amides is 1. The summed E-state index contributed by atoms with van der Waals surface area (Å²) >= 11 is 4.01. The zero-order valence-electron chi connectivity index (χ0n) is 43.0. The van der Waals surface area contributed by atoms with Gasteiger partial charge in [0.2, 0.25) is 70.9 Å². The number of rotatable bonds is 34. The number of amides is 12. The maximum Gasteiger partial charge on any atom is 0.326 e. The van der Waals surface area contributed by atoms with E-state index in [0.29, 0.717) is 6.42 Å². The lowest BCUT2D eigenvalue weighted by Gasteiger charge is -2.28. The Hall–Kier alpha value is -7.68. The molecule has 0 aliphatic carbocycles. The number of hydrogen-bond acceptors (Lipinski definition) is 18. The van der Waals surface area contributed by atoms with Crippen LogP contribution < -0.4 is 64.6 Å². The molecule has 0 aromatic heterocycles. The van der Waals surface area contributed by atoms with Crippen molar-refractivity contribution in [1.82, 2.24) is 58.1 Å². The van der Waals surface area contributed by atoms with Crippen LogP contribution in [0, 0.1) is 11.8 Å². The molecule has 1 aliphatic heterocycles. The molecule has 0 aromatic rings. The van der Waals surface area contributed by atoms with Gasteiger partial charge in [-0.3, -0.25) is 67.1 Å². The van der Waals surface area contributed by atoms with Gasteiger partial charge in [-0.2, -0.15) is 12.6 Å². The van der Waals surface area contributed by atoms with E-state index < -0.39 is 201 Å². The highest BCUT2D eigenvalue weighted by atomic mass is 32.1. The SMILES string of the molecule is CC(C)C[C@H](NC(=O)[C@@H]1CCCN1C(=O)CNC(=O)CNC(=O)[C@H](CO)NC(=O)[C@H](CC(=O)O)NC(=O)CNC(=O)[C@H](CCC(N)=O)NC(=O)[C@H](CS)NC(=O)[C@H](C)NC(=O)[C@@H](N)CC(=O)O)C(=O)N[C@H](C(=O)O)C(C)C. The number of hydrogen-bond donors (Lipinski definition) is 17. The van der Waals surface area contributed by atoms with Crippen molar-refractivity contribution in [3.63, 3.8) is 0 Å². The average Bonchev–Trinajstić information content (AvgIpc) is 3.84. The molecule has 18 N–H and O–H groups in total. The first-order valence-electron chi connectivity index (χ1n) is 24.1. The molecule has 1 aliphatic rings. The van der Waals surface area contributed by atoms with E-state index in [2.05, 4.69) is 55.2 Å². The van der Waals surface area contributed by atoms with E-state index in [1.54, 1.807) is 27.7 Å². The highest BCUT2D eigenvalue weighted by molar-refractivity contribution is 7.80. The fraction of sp³-hybridized carbons (Fsp3) is 0.659. The van der Waals surface area contributed by atoms with Gasteiger partial charge in [0.05, 0.1) is 45.1 Å². The van der Waals surface area contributed by atoms with Gasteiger partial charge in [0.15, 0.2) is 0 Å². The summed E-state index contributed by atoms with van der Waals surface area (Å²) in [6.45, 7) is 4.50. The number of aliphatic carboxylic acids is 3. The quantitative estimate of drug-likeness (QED) is 0.0266. The number of carboxylic acids is 3. The van der Waals surface area contributed by atoms with Gasteiger partial charge in [-0.25, -0.2) is 4.79 Å². The van der Waals surface area contributed by atoms with Crippen LogP contribution in [0.1, 0.15) is 79.6 Å². The molecule has 0 unspecified atom stereocenters. The standard InChI is InChI=1S/C44H71N13O19S/c1-19(2)11-24(41(72)56-35(20(3)4)44(75)76)53-43(74)28-7-6-10-57(28)32(62)16-47-30(60)14-48-39(70)26(17-58)54-40(71)25(13-34(65)66)51-31(61)15-49-38(69)23(8-9-29(46)59)52-42(73)27(18-77)55-36(67)21(5)50-37(68)22(45)12-33(63)64/h19-28,35,58,77H,6-18,45H2,1-5H3,(H2,46,59)(H,47,60)(H,48,70)(H,49,69)(H,50,68)(H,51,61)(H,52,73)(H,53,74)(H,54,71)(H,55,67)(H,56,72)(H,63,64)(H,65,66)(H,75,76)/t21-,22-,23-,24-,25-,26-,27-,28-,35-/m0/s1. The predicted molar refractivity (Wildman–Crippen MR) is 267 cm³/mol. The summed E-state index contributed by atoms with van der Waals surface area (Å²) in [4.78, 5) is 189. The van der Waals surface area contributed by atoms with Gasteiger partial charge in [0.25, 0.3) is 0 Å². The molecule has 77 heavy (non-hydrogen) atoms. The Morgan fingerprint density at radius 1 is 0.597 bits per heavy atom. The van der Waals surface area contributed by atoms with Crippen molar-refractivity contribution in [3.05, 3.63) is 0 Å². The Kier molecular flexibility index (Phi) is 29.2. The van der Waals surface area contributed by atoms with Crippen molar-refractivity contribution in [2.45, 2.75) is 134 Å². The number of likely N-dealkylation sites (tertiary alicyclic amines) is 1. The van der Waals surface area contributed by atoms with Crippen LogP contribution in [-0.2, 0) is 71.9 Å². The minimum Gasteiger partial charge on any atom is -0.481 e. The van der Waals surface area contributed by atoms with Gasteiger partial charge in [-0.15, -0.1) is 0 Å². The van der Waals surface area contributed by atoms with Gasteiger partial charge in [0.1, 0.15) is 48.3 Å². The molecule has 1 rings (SSSR count). The summed E-state index contributed by atoms with van der Waals surface area (Å²) in [6, 6.07) is -13.1. The topological polar surface area (TPSA) is 513 Å². The van der Waals surface area contributed by atoms with E-state index in [4.69, 9.17) is 16.6 Å². The van der Waals surface area contributed by atoms with Crippen molar-refractivity contribution in [2.75, 3.05) is 38.5 Å². The first kappa shape index (κ1) is 67.3. The number of carbonyl (C=O) groups excluding carboxylic acids is 12. The highest BCUT2D eigenvalue weighted by Gasteiger charge is 2.38. The second kappa shape index (κ2) is 33.4. The molecule has 33 heteroatoms. The average molecular weight is 1120 g/mol. The summed E-state index contributed by atoms with van der Waals surface area (Å²) in [7, 11) is 0. The fourth-order valence-electron chi connectivity index (χ4n) is 7.08. The lowest BCUT2D eigenvalue weighted by molar-refractivity contribution is -0.144. The van der Waals surface area contributed by atoms with Crippen LogP contribution in [0.25, 0.3) is 0 Å². The largest absolute Gasteiger partial charge is 0.481 e. The van der Waals surface area contributed by atoms with Gasteiger partial charge >= 0.3 is 17.9 Å². The predicted octanol–water partition coefficient (Wildman–Crippen LogP) is -8.01. The Morgan fingerprint density at radius 3 is 1.68 bits per heavy atom. The van der Waals surface area contributed by atoms with Crippen LogP contribution in [0.5, 0.6) is 0 Å².